The molecule has 1 aliphatic heterocycles. The van der Waals surface area contributed by atoms with Gasteiger partial charge in [0.05, 0.1) is 11.6 Å². The van der Waals surface area contributed by atoms with Gasteiger partial charge in [0.2, 0.25) is 5.91 Å². The van der Waals surface area contributed by atoms with Crippen molar-refractivity contribution in [3.05, 3.63) is 54.4 Å². The Balaban J connectivity index is 1.69. The number of carbonyl (C=O) groups excluding carboxylic acids is 1. The minimum absolute atomic E-state index is 0.228. The van der Waals surface area contributed by atoms with Gasteiger partial charge in [-0.25, -0.2) is 9.97 Å². The summed E-state index contributed by atoms with van der Waals surface area (Å²) in [5, 5.41) is 11.5. The molecule has 0 atom stereocenters. The van der Waals surface area contributed by atoms with E-state index in [-0.39, 0.29) is 5.91 Å². The van der Waals surface area contributed by atoms with Crippen LogP contribution < -0.4 is 10.2 Å². The van der Waals surface area contributed by atoms with E-state index in [9.17, 15) is 18.0 Å². The predicted octanol–water partition coefficient (Wildman–Crippen LogP) is 2.97. The van der Waals surface area contributed by atoms with Crippen molar-refractivity contribution in [1.82, 2.24) is 14.9 Å². The molecular weight excluding hydrogens is 385 g/mol. The Labute approximate surface area is 165 Å². The van der Waals surface area contributed by atoms with E-state index in [1.54, 1.807) is 11.0 Å². The third-order valence-electron chi connectivity index (χ3n) is 4.35. The number of alkyl halides is 3. The molecule has 0 radical (unpaired) electrons. The number of allylic oxidation sites excluding steroid dienone is 1. The first-order valence-electron chi connectivity index (χ1n) is 8.74. The minimum Gasteiger partial charge on any atom is -0.350 e. The molecule has 0 spiro atoms. The number of aromatic nitrogens is 2. The Morgan fingerprint density at radius 2 is 1.76 bits per heavy atom. The SMILES string of the molecule is N#C/C=C/C(=O)N1CCN(c2nccnc2Nc2ccc(C(F)(F)F)cc2)CC1. The molecule has 1 saturated heterocycles. The Kier molecular flexibility index (Phi) is 5.97. The van der Waals surface area contributed by atoms with Crippen LogP contribution in [0.5, 0.6) is 0 Å². The number of carbonyl (C=O) groups is 1. The smallest absolute Gasteiger partial charge is 0.350 e. The second-order valence-corrected chi connectivity index (χ2v) is 6.20. The van der Waals surface area contributed by atoms with E-state index in [0.717, 1.165) is 18.2 Å². The number of hydrogen-bond donors (Lipinski definition) is 1. The zero-order chi connectivity index (χ0) is 20.9. The summed E-state index contributed by atoms with van der Waals surface area (Å²) in [6, 6.07) is 6.45. The van der Waals surface area contributed by atoms with E-state index in [0.29, 0.717) is 43.5 Å². The molecule has 1 N–H and O–H groups in total. The maximum atomic E-state index is 12.7. The number of nitriles is 1. The lowest BCUT2D eigenvalue weighted by molar-refractivity contribution is -0.137. The van der Waals surface area contributed by atoms with Crippen LogP contribution in [0.15, 0.2) is 48.8 Å². The van der Waals surface area contributed by atoms with E-state index >= 15 is 0 Å². The van der Waals surface area contributed by atoms with Crippen LogP contribution in [0.1, 0.15) is 5.56 Å². The Hall–Kier alpha value is -3.61. The highest BCUT2D eigenvalue weighted by molar-refractivity contribution is 5.88. The monoisotopic (exact) mass is 402 g/mol. The van der Waals surface area contributed by atoms with Crippen LogP contribution in [-0.4, -0.2) is 47.0 Å². The quantitative estimate of drug-likeness (QED) is 0.625. The number of piperazine rings is 1. The van der Waals surface area contributed by atoms with Crippen molar-refractivity contribution in [2.45, 2.75) is 6.18 Å². The van der Waals surface area contributed by atoms with Gasteiger partial charge in [-0.2, -0.15) is 18.4 Å². The molecule has 1 amide bonds. The maximum Gasteiger partial charge on any atom is 0.416 e. The molecule has 0 saturated carbocycles. The number of halogens is 3. The minimum atomic E-state index is -4.39. The molecule has 1 fully saturated rings. The molecule has 2 aromatic rings. The molecule has 150 valence electrons. The first-order chi connectivity index (χ1) is 13.9. The van der Waals surface area contributed by atoms with Crippen LogP contribution in [0.4, 0.5) is 30.5 Å². The summed E-state index contributed by atoms with van der Waals surface area (Å²) in [6.07, 6.45) is 0.998. The standard InChI is InChI=1S/C19H17F3N6O/c20-19(21,22)14-3-5-15(6-4-14)26-17-18(25-9-8-24-17)28-12-10-27(11-13-28)16(29)2-1-7-23/h1-6,8-9H,10-13H2,(H,24,26)/b2-1+. The van der Waals surface area contributed by atoms with Gasteiger partial charge in [0, 0.05) is 56.4 Å². The molecule has 1 aliphatic rings. The van der Waals surface area contributed by atoms with Gasteiger partial charge in [0.25, 0.3) is 0 Å². The lowest BCUT2D eigenvalue weighted by atomic mass is 10.2. The Bertz CT molecular complexity index is 928. The molecule has 0 unspecified atom stereocenters. The number of benzene rings is 1. The van der Waals surface area contributed by atoms with Crippen molar-refractivity contribution in [2.24, 2.45) is 0 Å². The van der Waals surface area contributed by atoms with Crippen molar-refractivity contribution in [3.63, 3.8) is 0 Å². The van der Waals surface area contributed by atoms with Gasteiger partial charge in [-0.3, -0.25) is 4.79 Å². The van der Waals surface area contributed by atoms with Gasteiger partial charge in [0.15, 0.2) is 11.6 Å². The van der Waals surface area contributed by atoms with E-state index < -0.39 is 11.7 Å². The second-order valence-electron chi connectivity index (χ2n) is 6.20. The second kappa shape index (κ2) is 8.60. The molecule has 1 aromatic carbocycles. The average molecular weight is 402 g/mol. The first-order valence-corrected chi connectivity index (χ1v) is 8.74. The van der Waals surface area contributed by atoms with E-state index in [4.69, 9.17) is 5.26 Å². The van der Waals surface area contributed by atoms with E-state index in [1.165, 1.54) is 30.6 Å². The molecule has 0 aliphatic carbocycles. The van der Waals surface area contributed by atoms with Gasteiger partial charge in [-0.1, -0.05) is 0 Å². The maximum absolute atomic E-state index is 12.7. The first kappa shape index (κ1) is 20.1. The fraction of sp³-hybridized carbons (Fsp3) is 0.263. The zero-order valence-electron chi connectivity index (χ0n) is 15.2. The van der Waals surface area contributed by atoms with Gasteiger partial charge < -0.3 is 15.1 Å². The van der Waals surface area contributed by atoms with Gasteiger partial charge in [-0.15, -0.1) is 0 Å². The van der Waals surface area contributed by atoms with Crippen molar-refractivity contribution in [3.8, 4) is 6.07 Å². The largest absolute Gasteiger partial charge is 0.416 e. The van der Waals surface area contributed by atoms with E-state index in [2.05, 4.69) is 15.3 Å². The van der Waals surface area contributed by atoms with Gasteiger partial charge in [0.1, 0.15) is 0 Å². The summed E-state index contributed by atoms with van der Waals surface area (Å²) >= 11 is 0. The van der Waals surface area contributed by atoms with Gasteiger partial charge in [-0.05, 0) is 24.3 Å². The molecule has 1 aromatic heterocycles. The topological polar surface area (TPSA) is 85.2 Å². The van der Waals surface area contributed by atoms with Crippen LogP contribution in [0.25, 0.3) is 0 Å². The highest BCUT2D eigenvalue weighted by Crippen LogP contribution is 2.31. The molecule has 29 heavy (non-hydrogen) atoms. The fourth-order valence-electron chi connectivity index (χ4n) is 2.88. The normalized spacial score (nSPS) is 14.7. The van der Waals surface area contributed by atoms with Crippen molar-refractivity contribution < 1.29 is 18.0 Å². The Morgan fingerprint density at radius 3 is 2.38 bits per heavy atom. The molecule has 0 bridgehead atoms. The summed E-state index contributed by atoms with van der Waals surface area (Å²) in [4.78, 5) is 24.1. The van der Waals surface area contributed by atoms with Crippen LogP contribution in [0.2, 0.25) is 0 Å². The fourth-order valence-corrected chi connectivity index (χ4v) is 2.88. The summed E-state index contributed by atoms with van der Waals surface area (Å²) in [6.45, 7) is 1.91. The average Bonchev–Trinajstić information content (AvgIpc) is 2.72. The number of amides is 1. The number of nitrogens with zero attached hydrogens (tertiary/aromatic N) is 5. The van der Waals surface area contributed by atoms with Crippen LogP contribution in [0.3, 0.4) is 0 Å². The Morgan fingerprint density at radius 1 is 1.10 bits per heavy atom. The third-order valence-corrected chi connectivity index (χ3v) is 4.35. The van der Waals surface area contributed by atoms with Crippen LogP contribution in [0, 0.1) is 11.3 Å². The number of rotatable bonds is 4. The lowest BCUT2D eigenvalue weighted by Crippen LogP contribution is -2.48. The summed E-state index contributed by atoms with van der Waals surface area (Å²) < 4.78 is 38.1. The summed E-state index contributed by atoms with van der Waals surface area (Å²) in [5.41, 5.74) is -0.274. The summed E-state index contributed by atoms with van der Waals surface area (Å²) in [5.74, 6) is 0.733. The van der Waals surface area contributed by atoms with E-state index in [1.807, 2.05) is 4.90 Å². The summed E-state index contributed by atoms with van der Waals surface area (Å²) in [7, 11) is 0. The van der Waals surface area contributed by atoms with Crippen molar-refractivity contribution in [1.29, 1.82) is 5.26 Å². The molecule has 2 heterocycles. The van der Waals surface area contributed by atoms with Crippen molar-refractivity contribution >= 4 is 23.2 Å². The predicted molar refractivity (Wildman–Crippen MR) is 100 cm³/mol. The molecule has 3 rings (SSSR count). The number of anilines is 3. The highest BCUT2D eigenvalue weighted by atomic mass is 19.4. The number of hydrogen-bond acceptors (Lipinski definition) is 6. The van der Waals surface area contributed by atoms with Crippen LogP contribution >= 0.6 is 0 Å². The zero-order valence-corrected chi connectivity index (χ0v) is 15.2. The highest BCUT2D eigenvalue weighted by Gasteiger charge is 2.30. The third kappa shape index (κ3) is 5.01. The number of nitrogens with one attached hydrogen (secondary N) is 1. The van der Waals surface area contributed by atoms with Gasteiger partial charge >= 0.3 is 6.18 Å². The molecular formula is C19H17F3N6O. The lowest BCUT2D eigenvalue weighted by Gasteiger charge is -2.35. The molecule has 7 nitrogen and oxygen atoms in total. The molecule has 10 heteroatoms. The van der Waals surface area contributed by atoms with Crippen molar-refractivity contribution in [2.75, 3.05) is 36.4 Å². The van der Waals surface area contributed by atoms with Crippen LogP contribution in [-0.2, 0) is 11.0 Å².